The lowest BCUT2D eigenvalue weighted by Gasteiger charge is -2.28. The summed E-state index contributed by atoms with van der Waals surface area (Å²) in [5.74, 6) is 0. The van der Waals surface area contributed by atoms with Crippen LogP contribution in [0.25, 0.3) is 11.0 Å². The molecule has 1 aromatic carbocycles. The summed E-state index contributed by atoms with van der Waals surface area (Å²) in [5, 5.41) is 3.27. The van der Waals surface area contributed by atoms with Crippen LogP contribution in [0.4, 0.5) is 0 Å². The fourth-order valence-electron chi connectivity index (χ4n) is 1.74. The minimum atomic E-state index is 0.604. The third-order valence-corrected chi connectivity index (χ3v) is 2.63. The van der Waals surface area contributed by atoms with Crippen LogP contribution in [0, 0.1) is 0 Å². The molecule has 0 amide bonds. The average molecular weight is 173 g/mol. The van der Waals surface area contributed by atoms with Crippen molar-refractivity contribution in [2.24, 2.45) is 0 Å². The molecule has 3 rings (SSSR count). The molecule has 2 aromatic rings. The SMILES string of the molecule is c1ccc2c(c1)ncn2C1CNC1. The Hall–Kier alpha value is -1.35. The van der Waals surface area contributed by atoms with Crippen molar-refractivity contribution in [1.29, 1.82) is 0 Å². The minimum Gasteiger partial charge on any atom is -0.325 e. The quantitative estimate of drug-likeness (QED) is 0.701. The number of nitrogens with one attached hydrogen (secondary N) is 1. The second-order valence-corrected chi connectivity index (χ2v) is 3.45. The summed E-state index contributed by atoms with van der Waals surface area (Å²) in [6, 6.07) is 8.87. The first-order chi connectivity index (χ1) is 6.45. The zero-order valence-corrected chi connectivity index (χ0v) is 7.27. The van der Waals surface area contributed by atoms with Gasteiger partial charge in [0.15, 0.2) is 0 Å². The maximum atomic E-state index is 4.36. The Bertz CT molecular complexity index is 428. The van der Waals surface area contributed by atoms with E-state index in [4.69, 9.17) is 0 Å². The van der Waals surface area contributed by atoms with E-state index in [1.165, 1.54) is 5.52 Å². The highest BCUT2D eigenvalue weighted by Gasteiger charge is 2.19. The molecule has 1 N–H and O–H groups in total. The molecule has 13 heavy (non-hydrogen) atoms. The molecule has 0 unspecified atom stereocenters. The summed E-state index contributed by atoms with van der Waals surface area (Å²) in [7, 11) is 0. The van der Waals surface area contributed by atoms with Crippen LogP contribution in [0.2, 0.25) is 0 Å². The van der Waals surface area contributed by atoms with E-state index in [0.717, 1.165) is 18.6 Å². The van der Waals surface area contributed by atoms with Gasteiger partial charge in [-0.15, -0.1) is 0 Å². The van der Waals surface area contributed by atoms with Crippen molar-refractivity contribution in [3.63, 3.8) is 0 Å². The molecule has 2 heterocycles. The molecule has 0 spiro atoms. The van der Waals surface area contributed by atoms with Crippen molar-refractivity contribution >= 4 is 11.0 Å². The number of imidazole rings is 1. The average Bonchev–Trinajstić information content (AvgIpc) is 2.47. The normalized spacial score (nSPS) is 17.5. The second-order valence-electron chi connectivity index (χ2n) is 3.45. The lowest BCUT2D eigenvalue weighted by molar-refractivity contribution is 0.350. The monoisotopic (exact) mass is 173 g/mol. The Labute approximate surface area is 76.4 Å². The first-order valence-corrected chi connectivity index (χ1v) is 4.57. The summed E-state index contributed by atoms with van der Waals surface area (Å²) in [5.41, 5.74) is 2.34. The van der Waals surface area contributed by atoms with Gasteiger partial charge in [-0.1, -0.05) is 12.1 Å². The van der Waals surface area contributed by atoms with Gasteiger partial charge in [0.25, 0.3) is 0 Å². The second kappa shape index (κ2) is 2.57. The number of aromatic nitrogens is 2. The lowest BCUT2D eigenvalue weighted by atomic mass is 10.2. The topological polar surface area (TPSA) is 29.9 Å². The highest BCUT2D eigenvalue weighted by Crippen LogP contribution is 2.19. The van der Waals surface area contributed by atoms with Crippen molar-refractivity contribution < 1.29 is 0 Å². The molecule has 3 heteroatoms. The summed E-state index contributed by atoms with van der Waals surface area (Å²) in [6.07, 6.45) is 1.94. The summed E-state index contributed by atoms with van der Waals surface area (Å²) in [4.78, 5) is 4.36. The number of benzene rings is 1. The summed E-state index contributed by atoms with van der Waals surface area (Å²) >= 11 is 0. The molecule has 1 saturated heterocycles. The van der Waals surface area contributed by atoms with Crippen LogP contribution >= 0.6 is 0 Å². The molecule has 0 aliphatic carbocycles. The number of hydrogen-bond acceptors (Lipinski definition) is 2. The van der Waals surface area contributed by atoms with Crippen molar-refractivity contribution in [1.82, 2.24) is 14.9 Å². The molecular weight excluding hydrogens is 162 g/mol. The predicted molar refractivity (Wildman–Crippen MR) is 51.6 cm³/mol. The minimum absolute atomic E-state index is 0.604. The van der Waals surface area contributed by atoms with E-state index in [-0.39, 0.29) is 0 Å². The third kappa shape index (κ3) is 0.971. The molecule has 3 nitrogen and oxygen atoms in total. The highest BCUT2D eigenvalue weighted by molar-refractivity contribution is 5.75. The molecule has 0 bridgehead atoms. The zero-order chi connectivity index (χ0) is 8.67. The van der Waals surface area contributed by atoms with Gasteiger partial charge in [-0.05, 0) is 12.1 Å². The van der Waals surface area contributed by atoms with Gasteiger partial charge >= 0.3 is 0 Å². The van der Waals surface area contributed by atoms with Crippen LogP contribution in [0.15, 0.2) is 30.6 Å². The first kappa shape index (κ1) is 7.09. The summed E-state index contributed by atoms with van der Waals surface area (Å²) < 4.78 is 2.26. The molecule has 1 aromatic heterocycles. The predicted octanol–water partition coefficient (Wildman–Crippen LogP) is 1.18. The van der Waals surface area contributed by atoms with Crippen molar-refractivity contribution in [3.8, 4) is 0 Å². The van der Waals surface area contributed by atoms with Crippen molar-refractivity contribution in [3.05, 3.63) is 30.6 Å². The van der Waals surface area contributed by atoms with Crippen LogP contribution in [-0.4, -0.2) is 22.6 Å². The molecule has 0 saturated carbocycles. The van der Waals surface area contributed by atoms with Crippen LogP contribution in [0.3, 0.4) is 0 Å². The van der Waals surface area contributed by atoms with E-state index in [2.05, 4.69) is 33.1 Å². The fraction of sp³-hybridized carbons (Fsp3) is 0.300. The Morgan fingerprint density at radius 2 is 2.15 bits per heavy atom. The standard InChI is InChI=1S/C10H11N3/c1-2-4-10-9(3-1)12-7-13(10)8-5-11-6-8/h1-4,7-8,11H,5-6H2. The molecule has 66 valence electrons. The van der Waals surface area contributed by atoms with E-state index in [1.807, 2.05) is 12.4 Å². The van der Waals surface area contributed by atoms with Crippen LogP contribution in [0.1, 0.15) is 6.04 Å². The van der Waals surface area contributed by atoms with Crippen LogP contribution in [-0.2, 0) is 0 Å². The molecule has 0 radical (unpaired) electrons. The number of para-hydroxylation sites is 2. The van der Waals surface area contributed by atoms with Gasteiger partial charge in [-0.2, -0.15) is 0 Å². The van der Waals surface area contributed by atoms with E-state index in [0.29, 0.717) is 6.04 Å². The van der Waals surface area contributed by atoms with Crippen LogP contribution < -0.4 is 5.32 Å². The van der Waals surface area contributed by atoms with Crippen molar-refractivity contribution in [2.75, 3.05) is 13.1 Å². The zero-order valence-electron chi connectivity index (χ0n) is 7.27. The Balaban J connectivity index is 2.17. The maximum absolute atomic E-state index is 4.36. The number of rotatable bonds is 1. The third-order valence-electron chi connectivity index (χ3n) is 2.63. The first-order valence-electron chi connectivity index (χ1n) is 4.57. The Kier molecular flexibility index (Phi) is 1.40. The molecule has 0 atom stereocenters. The molecular formula is C10H11N3. The number of nitrogens with zero attached hydrogens (tertiary/aromatic N) is 2. The van der Waals surface area contributed by atoms with Gasteiger partial charge in [0.1, 0.15) is 0 Å². The van der Waals surface area contributed by atoms with Gasteiger partial charge < -0.3 is 9.88 Å². The van der Waals surface area contributed by atoms with E-state index < -0.39 is 0 Å². The summed E-state index contributed by atoms with van der Waals surface area (Å²) in [6.45, 7) is 2.14. The highest BCUT2D eigenvalue weighted by atomic mass is 15.2. The van der Waals surface area contributed by atoms with E-state index in [1.54, 1.807) is 0 Å². The molecule has 1 fully saturated rings. The molecule has 1 aliphatic rings. The fourth-order valence-corrected chi connectivity index (χ4v) is 1.74. The Morgan fingerprint density at radius 1 is 1.31 bits per heavy atom. The van der Waals surface area contributed by atoms with Gasteiger partial charge in [0.05, 0.1) is 23.4 Å². The van der Waals surface area contributed by atoms with Crippen molar-refractivity contribution in [2.45, 2.75) is 6.04 Å². The van der Waals surface area contributed by atoms with Gasteiger partial charge in [0, 0.05) is 13.1 Å². The van der Waals surface area contributed by atoms with Crippen LogP contribution in [0.5, 0.6) is 0 Å². The van der Waals surface area contributed by atoms with Gasteiger partial charge in [-0.25, -0.2) is 4.98 Å². The lowest BCUT2D eigenvalue weighted by Crippen LogP contribution is -2.43. The van der Waals surface area contributed by atoms with E-state index >= 15 is 0 Å². The Morgan fingerprint density at radius 3 is 2.92 bits per heavy atom. The van der Waals surface area contributed by atoms with Gasteiger partial charge in [-0.3, -0.25) is 0 Å². The van der Waals surface area contributed by atoms with E-state index in [9.17, 15) is 0 Å². The smallest absolute Gasteiger partial charge is 0.0961 e. The largest absolute Gasteiger partial charge is 0.325 e. The number of hydrogen-bond donors (Lipinski definition) is 1. The maximum Gasteiger partial charge on any atom is 0.0961 e. The number of fused-ring (bicyclic) bond motifs is 1. The van der Waals surface area contributed by atoms with Gasteiger partial charge in [0.2, 0.25) is 0 Å². The molecule has 1 aliphatic heterocycles.